The van der Waals surface area contributed by atoms with E-state index in [0.29, 0.717) is 0 Å². The van der Waals surface area contributed by atoms with E-state index in [1.165, 1.54) is 0 Å². The average molecular weight is 474 g/mol. The molecule has 0 aliphatic heterocycles. The van der Waals surface area contributed by atoms with Crippen LogP contribution in [0.25, 0.3) is 0 Å². The molecule has 0 aromatic carbocycles. The van der Waals surface area contributed by atoms with Gasteiger partial charge in [-0.15, -0.1) is 39.5 Å². The summed E-state index contributed by atoms with van der Waals surface area (Å²) in [7, 11) is -10.5. The fourth-order valence-electron chi connectivity index (χ4n) is 0.231. The van der Waals surface area contributed by atoms with Gasteiger partial charge in [0.15, 0.2) is 0 Å². The van der Waals surface area contributed by atoms with Gasteiger partial charge in [0.2, 0.25) is 0 Å². The molecule has 0 N–H and O–H groups in total. The van der Waals surface area contributed by atoms with Gasteiger partial charge in [0.1, 0.15) is 0 Å². The van der Waals surface area contributed by atoms with Gasteiger partial charge < -0.3 is 37.8 Å². The third-order valence-corrected chi connectivity index (χ3v) is 1.46. The first-order valence-electron chi connectivity index (χ1n) is 3.81. The van der Waals surface area contributed by atoms with Crippen LogP contribution in [0.1, 0.15) is 0 Å². The zero-order chi connectivity index (χ0) is 20.4. The van der Waals surface area contributed by atoms with Crippen LogP contribution < -0.4 is 0 Å². The monoisotopic (exact) mass is 474 g/mol. The van der Waals surface area contributed by atoms with Crippen LogP contribution in [0.5, 0.6) is 0 Å². The van der Waals surface area contributed by atoms with Crippen molar-refractivity contribution in [1.29, 1.82) is 0 Å². The predicted octanol–water partition coefficient (Wildman–Crippen LogP) is 1.86. The van der Waals surface area contributed by atoms with E-state index in [9.17, 15) is 39.5 Å². The molecule has 0 saturated heterocycles. The zero-order valence-corrected chi connectivity index (χ0v) is 14.0. The van der Waals surface area contributed by atoms with E-state index >= 15 is 0 Å². The normalized spacial score (nSPS) is 12.0. The number of halogens is 9. The summed E-state index contributed by atoms with van der Waals surface area (Å²) >= 11 is 0. The molecule has 9 nitrogen and oxygen atoms in total. The van der Waals surface area contributed by atoms with E-state index in [2.05, 4.69) is 12.5 Å². The Kier molecular flexibility index (Phi) is 17.8. The van der Waals surface area contributed by atoms with Crippen LogP contribution in [-0.4, -0.2) is 36.4 Å². The van der Waals surface area contributed by atoms with Crippen molar-refractivity contribution in [3.8, 4) is 0 Å². The number of alkyl halides is 9. The molecule has 0 unspecified atom stereocenters. The standard InChI is InChI=1S/3CF3O3S.Al/c3*2-1(3,4)7-8(5)6;/q3*-1;+3. The molecule has 0 rings (SSSR count). The molecule has 22 heteroatoms. The molecule has 0 radical (unpaired) electrons. The molecule has 0 spiro atoms. The van der Waals surface area contributed by atoms with E-state index in [4.69, 9.17) is 25.3 Å². The van der Waals surface area contributed by atoms with Crippen LogP contribution >= 0.6 is 0 Å². The Bertz CT molecular complexity index is 465. The van der Waals surface area contributed by atoms with E-state index in [0.717, 1.165) is 0 Å². The quantitative estimate of drug-likeness (QED) is 0.342. The third kappa shape index (κ3) is 51.7. The van der Waals surface area contributed by atoms with Gasteiger partial charge in [0, 0.05) is 0 Å². The van der Waals surface area contributed by atoms with Gasteiger partial charge >= 0.3 is 36.4 Å². The first-order valence-corrected chi connectivity index (χ1v) is 6.81. The topological polar surface area (TPSA) is 130 Å². The van der Waals surface area contributed by atoms with Crippen LogP contribution in [0.15, 0.2) is 0 Å². The summed E-state index contributed by atoms with van der Waals surface area (Å²) in [5.41, 5.74) is 0. The first-order chi connectivity index (χ1) is 10.2. The van der Waals surface area contributed by atoms with Crippen molar-refractivity contribution in [1.82, 2.24) is 0 Å². The van der Waals surface area contributed by atoms with Crippen LogP contribution in [0.2, 0.25) is 0 Å². The molecule has 0 amide bonds. The molecule has 0 heterocycles. The molecule has 0 atom stereocenters. The van der Waals surface area contributed by atoms with Gasteiger partial charge in [0.25, 0.3) is 0 Å². The summed E-state index contributed by atoms with van der Waals surface area (Å²) < 4.78 is 158. The minimum Gasteiger partial charge on any atom is -0.397 e. The molecule has 0 fully saturated rings. The fourth-order valence-corrected chi connectivity index (χ4v) is 0.694. The Balaban J connectivity index is -0.000000130. The second kappa shape index (κ2) is 13.8. The Hall–Kier alpha value is -0.368. The minimum atomic E-state index is -5.09. The third-order valence-electron chi connectivity index (χ3n) is 0.488. The number of hydrogen-bond donors (Lipinski definition) is 0. The summed E-state index contributed by atoms with van der Waals surface area (Å²) in [4.78, 5) is 0. The molecule has 25 heavy (non-hydrogen) atoms. The van der Waals surface area contributed by atoms with Gasteiger partial charge in [-0.05, 0) is 0 Å². The van der Waals surface area contributed by atoms with E-state index in [-0.39, 0.29) is 17.4 Å². The molecule has 0 aromatic heterocycles. The first kappa shape index (κ1) is 32.3. The summed E-state index contributed by atoms with van der Waals surface area (Å²) in [5.74, 6) is 0. The minimum absolute atomic E-state index is 0. The molecule has 0 aliphatic carbocycles. The van der Waals surface area contributed by atoms with Crippen molar-refractivity contribution in [3.63, 3.8) is 0 Å². The molecule has 150 valence electrons. The maximum Gasteiger partial charge on any atom is 3.00 e. The Morgan fingerprint density at radius 1 is 0.440 bits per heavy atom. The van der Waals surface area contributed by atoms with Crippen molar-refractivity contribution < 1.29 is 77.3 Å². The summed E-state index contributed by atoms with van der Waals surface area (Å²) in [6, 6.07) is 0. The van der Waals surface area contributed by atoms with Crippen LogP contribution in [0.4, 0.5) is 39.5 Å². The molecular weight excluding hydrogens is 474 g/mol. The Labute approximate surface area is 147 Å². The van der Waals surface area contributed by atoms with Gasteiger partial charge in [-0.2, -0.15) is 0 Å². The molecule has 0 bridgehead atoms. The van der Waals surface area contributed by atoms with Gasteiger partial charge in [-0.25, -0.2) is 0 Å². The molecular formula is C3AlF9O9S3. The van der Waals surface area contributed by atoms with Crippen molar-refractivity contribution >= 4 is 50.3 Å². The smallest absolute Gasteiger partial charge is 0.397 e. The Morgan fingerprint density at radius 2 is 0.560 bits per heavy atom. The van der Waals surface area contributed by atoms with Crippen LogP contribution in [0.3, 0.4) is 0 Å². The van der Waals surface area contributed by atoms with Gasteiger partial charge in [-0.3, -0.25) is 0 Å². The number of rotatable bonds is 3. The SMILES string of the molecule is O=[S-](=O)OC(F)(F)F.O=[S-](=O)OC(F)(F)F.O=[S-](=O)OC(F)(F)F.[Al+3]. The maximum absolute atomic E-state index is 10.7. The average Bonchev–Trinajstić information content (AvgIpc) is 2.04. The largest absolute Gasteiger partial charge is 3.00 e. The van der Waals surface area contributed by atoms with E-state index in [1.807, 2.05) is 0 Å². The van der Waals surface area contributed by atoms with Crippen LogP contribution in [0, 0.1) is 0 Å². The fraction of sp³-hybridized carbons (Fsp3) is 1.00. The second-order valence-electron chi connectivity index (χ2n) is 2.20. The summed E-state index contributed by atoms with van der Waals surface area (Å²) in [6.45, 7) is 0. The molecule has 0 aromatic rings. The molecule has 0 saturated carbocycles. The summed E-state index contributed by atoms with van der Waals surface area (Å²) in [5, 5.41) is 0. The van der Waals surface area contributed by atoms with Crippen LogP contribution in [-0.2, 0) is 70.8 Å². The van der Waals surface area contributed by atoms with E-state index < -0.39 is 52.0 Å². The maximum atomic E-state index is 10.7. The predicted molar refractivity (Wildman–Crippen MR) is 53.4 cm³/mol. The summed E-state index contributed by atoms with van der Waals surface area (Å²) in [6.07, 6.45) is -15.3. The van der Waals surface area contributed by atoms with Crippen molar-refractivity contribution in [3.05, 3.63) is 0 Å². The van der Waals surface area contributed by atoms with Gasteiger partial charge in [0.05, 0.1) is 33.0 Å². The second-order valence-corrected chi connectivity index (χ2v) is 3.92. The van der Waals surface area contributed by atoms with Gasteiger partial charge in [-0.1, -0.05) is 0 Å². The molecule has 0 aliphatic rings. The zero-order valence-electron chi connectivity index (χ0n) is 10.4. The Morgan fingerprint density at radius 3 is 0.560 bits per heavy atom. The van der Waals surface area contributed by atoms with E-state index in [1.54, 1.807) is 0 Å². The van der Waals surface area contributed by atoms with Crippen molar-refractivity contribution in [2.24, 2.45) is 0 Å². The number of hydrogen-bond acceptors (Lipinski definition) is 12. The van der Waals surface area contributed by atoms with Crippen molar-refractivity contribution in [2.45, 2.75) is 19.1 Å². The van der Waals surface area contributed by atoms with Crippen molar-refractivity contribution in [2.75, 3.05) is 0 Å².